The van der Waals surface area contributed by atoms with Crippen LogP contribution in [0.5, 0.6) is 0 Å². The molecule has 0 unspecified atom stereocenters. The van der Waals surface area contributed by atoms with Gasteiger partial charge in [-0.1, -0.05) is 114 Å². The highest BCUT2D eigenvalue weighted by Gasteiger charge is 2.20. The molecule has 0 saturated carbocycles. The van der Waals surface area contributed by atoms with E-state index in [-0.39, 0.29) is 0 Å². The van der Waals surface area contributed by atoms with E-state index in [1.54, 1.807) is 12.1 Å². The third-order valence-corrected chi connectivity index (χ3v) is 7.55. The zero-order chi connectivity index (χ0) is 25.9. The van der Waals surface area contributed by atoms with Gasteiger partial charge in [0.15, 0.2) is 0 Å². The lowest BCUT2D eigenvalue weighted by Crippen LogP contribution is -2.30. The van der Waals surface area contributed by atoms with Crippen molar-refractivity contribution in [3.8, 4) is 0 Å². The summed E-state index contributed by atoms with van der Waals surface area (Å²) in [5, 5.41) is 43.9. The van der Waals surface area contributed by atoms with Gasteiger partial charge in [0.1, 0.15) is 0 Å². The van der Waals surface area contributed by atoms with Gasteiger partial charge in [-0.05, 0) is 69.3 Å². The van der Waals surface area contributed by atoms with Crippen molar-refractivity contribution >= 4 is 46.7 Å². The Hall–Kier alpha value is -1.85. The molecule has 0 aliphatic carbocycles. The summed E-state index contributed by atoms with van der Waals surface area (Å²) in [6, 6.07) is 11.4. The van der Waals surface area contributed by atoms with E-state index in [4.69, 9.17) is 0 Å². The number of hydrogen-bond acceptors (Lipinski definition) is 4. The molecular weight excluding hydrogens is 446 g/mol. The molecule has 194 valence electrons. The molecule has 0 radical (unpaired) electrons. The molecule has 4 N–H and O–H groups in total. The first-order valence-electron chi connectivity index (χ1n) is 14.2. The van der Waals surface area contributed by atoms with Crippen molar-refractivity contribution in [1.29, 1.82) is 0 Å². The van der Waals surface area contributed by atoms with Crippen LogP contribution in [0.3, 0.4) is 0 Å². The standard InChI is InChI=1S/C30H44B2O4/c1-3-5-7-9-11-13-15-25-26(16-14-12-10-8-6-4-2)30-22-24(32(35)36)18-20-28(30)27-19-17-23(31(33)34)21-29(25)27/h17-22,33-36H,3-16H2,1-2H3. The predicted molar refractivity (Wildman–Crippen MR) is 155 cm³/mol. The molecule has 0 heterocycles. The minimum Gasteiger partial charge on any atom is -0.423 e. The Balaban J connectivity index is 2.06. The third-order valence-electron chi connectivity index (χ3n) is 7.55. The average Bonchev–Trinajstić information content (AvgIpc) is 2.88. The van der Waals surface area contributed by atoms with Crippen molar-refractivity contribution in [3.05, 3.63) is 47.5 Å². The molecular formula is C30H44B2O4. The van der Waals surface area contributed by atoms with Crippen molar-refractivity contribution in [3.63, 3.8) is 0 Å². The number of hydrogen-bond donors (Lipinski definition) is 4. The number of benzene rings is 3. The molecule has 0 aliphatic rings. The molecule has 6 heteroatoms. The minimum atomic E-state index is -1.50. The van der Waals surface area contributed by atoms with E-state index in [1.807, 2.05) is 24.3 Å². The van der Waals surface area contributed by atoms with Crippen LogP contribution in [-0.2, 0) is 12.8 Å². The van der Waals surface area contributed by atoms with E-state index in [1.165, 1.54) is 75.3 Å². The van der Waals surface area contributed by atoms with E-state index < -0.39 is 14.2 Å². The Kier molecular flexibility index (Phi) is 11.8. The molecule has 3 aromatic rings. The molecule has 0 saturated heterocycles. The second-order valence-corrected chi connectivity index (χ2v) is 10.4. The maximum absolute atomic E-state index is 9.89. The maximum Gasteiger partial charge on any atom is 0.488 e. The first-order chi connectivity index (χ1) is 17.5. The van der Waals surface area contributed by atoms with Gasteiger partial charge >= 0.3 is 14.2 Å². The average molecular weight is 490 g/mol. The zero-order valence-corrected chi connectivity index (χ0v) is 22.3. The molecule has 3 aromatic carbocycles. The number of unbranched alkanes of at least 4 members (excludes halogenated alkanes) is 10. The van der Waals surface area contributed by atoms with E-state index in [0.29, 0.717) is 10.9 Å². The lowest BCUT2D eigenvalue weighted by molar-refractivity contribution is 0.424. The Labute approximate surface area is 218 Å². The van der Waals surface area contributed by atoms with Gasteiger partial charge in [0, 0.05) is 0 Å². The summed E-state index contributed by atoms with van der Waals surface area (Å²) in [5.74, 6) is 0. The smallest absolute Gasteiger partial charge is 0.423 e. The fourth-order valence-electron chi connectivity index (χ4n) is 5.47. The van der Waals surface area contributed by atoms with E-state index in [0.717, 1.165) is 47.2 Å². The quantitative estimate of drug-likeness (QED) is 0.127. The van der Waals surface area contributed by atoms with Gasteiger partial charge in [0.05, 0.1) is 0 Å². The molecule has 0 atom stereocenters. The summed E-state index contributed by atoms with van der Waals surface area (Å²) in [7, 11) is -3.00. The van der Waals surface area contributed by atoms with E-state index in [2.05, 4.69) is 13.8 Å². The van der Waals surface area contributed by atoms with Crippen LogP contribution >= 0.6 is 0 Å². The Morgan fingerprint density at radius 1 is 0.472 bits per heavy atom. The summed E-state index contributed by atoms with van der Waals surface area (Å²) in [6.45, 7) is 4.47. The van der Waals surface area contributed by atoms with Crippen molar-refractivity contribution < 1.29 is 20.1 Å². The molecule has 0 fully saturated rings. The first kappa shape index (κ1) is 28.7. The molecule has 0 aromatic heterocycles. The van der Waals surface area contributed by atoms with Crippen LogP contribution in [0.4, 0.5) is 0 Å². The van der Waals surface area contributed by atoms with Gasteiger partial charge in [-0.25, -0.2) is 0 Å². The third kappa shape index (κ3) is 7.58. The number of fused-ring (bicyclic) bond motifs is 3. The van der Waals surface area contributed by atoms with Gasteiger partial charge in [0.2, 0.25) is 0 Å². The lowest BCUT2D eigenvalue weighted by Gasteiger charge is -2.20. The highest BCUT2D eigenvalue weighted by molar-refractivity contribution is 6.59. The van der Waals surface area contributed by atoms with E-state index >= 15 is 0 Å². The zero-order valence-electron chi connectivity index (χ0n) is 22.3. The maximum atomic E-state index is 9.89. The molecule has 0 amide bonds. The molecule has 0 spiro atoms. The highest BCUT2D eigenvalue weighted by atomic mass is 16.4. The van der Waals surface area contributed by atoms with Crippen LogP contribution in [0.1, 0.15) is 102 Å². The van der Waals surface area contributed by atoms with Gasteiger partial charge < -0.3 is 20.1 Å². The van der Waals surface area contributed by atoms with Crippen LogP contribution in [0.25, 0.3) is 21.5 Å². The normalized spacial score (nSPS) is 11.5. The second-order valence-electron chi connectivity index (χ2n) is 10.4. The van der Waals surface area contributed by atoms with Crippen LogP contribution in [-0.4, -0.2) is 34.3 Å². The fourth-order valence-corrected chi connectivity index (χ4v) is 5.47. The topological polar surface area (TPSA) is 80.9 Å². The number of aryl methyl sites for hydroxylation is 2. The summed E-state index contributed by atoms with van der Waals surface area (Å²) in [5.41, 5.74) is 3.60. The van der Waals surface area contributed by atoms with Gasteiger partial charge in [0.25, 0.3) is 0 Å². The Bertz CT molecular complexity index is 1010. The summed E-state index contributed by atoms with van der Waals surface area (Å²) in [6.07, 6.45) is 16.6. The largest absolute Gasteiger partial charge is 0.488 e. The molecule has 0 bridgehead atoms. The predicted octanol–water partition coefficient (Wildman–Crippen LogP) is 5.16. The SMILES string of the molecule is CCCCCCCCc1c(CCCCCCCC)c2cc(B(O)O)ccc2c2ccc(B(O)O)cc12. The van der Waals surface area contributed by atoms with Crippen LogP contribution in [0.15, 0.2) is 36.4 Å². The van der Waals surface area contributed by atoms with Gasteiger partial charge in [-0.15, -0.1) is 0 Å². The van der Waals surface area contributed by atoms with Crippen molar-refractivity contribution in [2.75, 3.05) is 0 Å². The monoisotopic (exact) mass is 490 g/mol. The molecule has 3 rings (SSSR count). The molecule has 36 heavy (non-hydrogen) atoms. The minimum absolute atomic E-state index is 0.513. The van der Waals surface area contributed by atoms with Crippen LogP contribution in [0, 0.1) is 0 Å². The van der Waals surface area contributed by atoms with Crippen molar-refractivity contribution in [2.24, 2.45) is 0 Å². The Morgan fingerprint density at radius 2 is 0.833 bits per heavy atom. The van der Waals surface area contributed by atoms with Crippen LogP contribution < -0.4 is 10.9 Å². The van der Waals surface area contributed by atoms with Crippen molar-refractivity contribution in [2.45, 2.75) is 104 Å². The van der Waals surface area contributed by atoms with Gasteiger partial charge in [-0.3, -0.25) is 0 Å². The summed E-state index contributed by atoms with van der Waals surface area (Å²) >= 11 is 0. The summed E-state index contributed by atoms with van der Waals surface area (Å²) < 4.78 is 0. The van der Waals surface area contributed by atoms with E-state index in [9.17, 15) is 20.1 Å². The van der Waals surface area contributed by atoms with Crippen molar-refractivity contribution in [1.82, 2.24) is 0 Å². The first-order valence-corrected chi connectivity index (χ1v) is 14.2. The molecule has 4 nitrogen and oxygen atoms in total. The molecule has 0 aliphatic heterocycles. The van der Waals surface area contributed by atoms with Gasteiger partial charge in [-0.2, -0.15) is 0 Å². The highest BCUT2D eigenvalue weighted by Crippen LogP contribution is 2.34. The fraction of sp³-hybridized carbons (Fsp3) is 0.533. The Morgan fingerprint density at radius 3 is 1.19 bits per heavy atom. The number of rotatable bonds is 16. The van der Waals surface area contributed by atoms with Crippen LogP contribution in [0.2, 0.25) is 0 Å². The summed E-state index contributed by atoms with van der Waals surface area (Å²) in [4.78, 5) is 0. The lowest BCUT2D eigenvalue weighted by atomic mass is 9.75. The second kappa shape index (κ2) is 14.8.